The molecule has 3 saturated carbocycles. The van der Waals surface area contributed by atoms with Gasteiger partial charge in [-0.25, -0.2) is 4.79 Å². The van der Waals surface area contributed by atoms with E-state index in [2.05, 4.69) is 73.6 Å². The topological polar surface area (TPSA) is 55.8 Å². The maximum absolute atomic E-state index is 13.0. The second kappa shape index (κ2) is 13.0. The summed E-state index contributed by atoms with van der Waals surface area (Å²) in [5.41, 5.74) is 3.10. The van der Waals surface area contributed by atoms with Gasteiger partial charge in [0.15, 0.2) is 11.5 Å². The maximum Gasteiger partial charge on any atom is 0.331 e. The van der Waals surface area contributed by atoms with Gasteiger partial charge in [-0.05, 0) is 127 Å². The first-order chi connectivity index (χ1) is 21.3. The summed E-state index contributed by atoms with van der Waals surface area (Å²) in [4.78, 5) is 13.0. The van der Waals surface area contributed by atoms with Crippen molar-refractivity contribution in [2.45, 2.75) is 113 Å². The Labute approximate surface area is 273 Å². The van der Waals surface area contributed by atoms with Crippen LogP contribution in [0.4, 0.5) is 0 Å². The van der Waals surface area contributed by atoms with E-state index in [0.29, 0.717) is 46.7 Å². The van der Waals surface area contributed by atoms with E-state index in [1.54, 1.807) is 29.8 Å². The van der Waals surface area contributed by atoms with E-state index in [9.17, 15) is 9.90 Å². The minimum absolute atomic E-state index is 0.0816. The Morgan fingerprint density at radius 1 is 1.00 bits per heavy atom. The minimum atomic E-state index is -0.303. The largest absolute Gasteiger partial charge is 0.504 e. The van der Waals surface area contributed by atoms with Crippen molar-refractivity contribution in [3.63, 3.8) is 0 Å². The Hall–Kier alpha value is -2.49. The molecule has 1 N–H and O–H groups in total. The maximum atomic E-state index is 13.0. The first-order valence-electron chi connectivity index (χ1n) is 17.9. The highest BCUT2D eigenvalue weighted by atomic mass is 16.5. The highest BCUT2D eigenvalue weighted by Crippen LogP contribution is 2.69. The van der Waals surface area contributed by atoms with E-state index < -0.39 is 0 Å². The van der Waals surface area contributed by atoms with Crippen molar-refractivity contribution in [2.24, 2.45) is 57.7 Å². The molecule has 4 aliphatic rings. The fourth-order valence-electron chi connectivity index (χ4n) is 10.8. The molecule has 0 saturated heterocycles. The lowest BCUT2D eigenvalue weighted by molar-refractivity contribution is -0.170. The van der Waals surface area contributed by atoms with Gasteiger partial charge in [0.1, 0.15) is 6.10 Å². The van der Waals surface area contributed by atoms with Gasteiger partial charge in [0.2, 0.25) is 0 Å². The predicted molar refractivity (Wildman–Crippen MR) is 185 cm³/mol. The monoisotopic (exact) mass is 616 g/mol. The number of phenolic OH excluding ortho intramolecular Hbond substituents is 1. The van der Waals surface area contributed by atoms with Crippen molar-refractivity contribution < 1.29 is 19.4 Å². The molecule has 4 nitrogen and oxygen atoms in total. The lowest BCUT2D eigenvalue weighted by Gasteiger charge is -2.62. The number of rotatable bonds is 9. The first kappa shape index (κ1) is 33.9. The third-order valence-electron chi connectivity index (χ3n) is 13.5. The summed E-state index contributed by atoms with van der Waals surface area (Å²) in [6.45, 7) is 19.4. The predicted octanol–water partition coefficient (Wildman–Crippen LogP) is 10.4. The number of carbonyl (C=O) groups excluding carboxylic acids is 1. The van der Waals surface area contributed by atoms with E-state index >= 15 is 0 Å². The SMILES string of the molecule is CC[C@H](C=C[C@@H](C)[C@H]1CC[C@H]2C3=CCC4C(C)(C)C(OC(=O)/C=C/c5ccc(O)c(OC)c5)CC[C@]4(C)[C@H]3CC[C@]12C)C(C)C. The van der Waals surface area contributed by atoms with Crippen LogP contribution in [0.2, 0.25) is 0 Å². The molecule has 0 aromatic heterocycles. The quantitative estimate of drug-likeness (QED) is 0.170. The number of carbonyl (C=O) groups is 1. The number of phenols is 1. The molecule has 5 rings (SSSR count). The molecule has 3 fully saturated rings. The number of fused-ring (bicyclic) bond motifs is 5. The van der Waals surface area contributed by atoms with Gasteiger partial charge in [0.05, 0.1) is 7.11 Å². The zero-order valence-electron chi connectivity index (χ0n) is 29.6. The van der Waals surface area contributed by atoms with Crippen LogP contribution in [0.1, 0.15) is 112 Å². The van der Waals surface area contributed by atoms with Crippen molar-refractivity contribution in [3.8, 4) is 11.5 Å². The fraction of sp³-hybridized carbons (Fsp3) is 0.683. The number of hydrogen-bond acceptors (Lipinski definition) is 4. The van der Waals surface area contributed by atoms with Crippen LogP contribution < -0.4 is 4.74 Å². The fourth-order valence-corrected chi connectivity index (χ4v) is 10.8. The number of allylic oxidation sites excluding steroid dienone is 4. The molecule has 9 atom stereocenters. The molecule has 248 valence electrons. The van der Waals surface area contributed by atoms with E-state index in [4.69, 9.17) is 9.47 Å². The summed E-state index contributed by atoms with van der Waals surface area (Å²) < 4.78 is 11.4. The van der Waals surface area contributed by atoms with Crippen molar-refractivity contribution >= 4 is 12.0 Å². The Morgan fingerprint density at radius 2 is 1.71 bits per heavy atom. The van der Waals surface area contributed by atoms with Gasteiger partial charge in [-0.3, -0.25) is 0 Å². The van der Waals surface area contributed by atoms with E-state index in [0.717, 1.165) is 30.7 Å². The van der Waals surface area contributed by atoms with E-state index in [1.807, 2.05) is 0 Å². The molecule has 4 heteroatoms. The lowest BCUT2D eigenvalue weighted by Crippen LogP contribution is -2.57. The lowest BCUT2D eigenvalue weighted by atomic mass is 9.43. The number of esters is 1. The molecule has 2 unspecified atom stereocenters. The highest BCUT2D eigenvalue weighted by Gasteiger charge is 2.61. The summed E-state index contributed by atoms with van der Waals surface area (Å²) in [7, 11) is 1.52. The van der Waals surface area contributed by atoms with Crippen LogP contribution in [-0.2, 0) is 9.53 Å². The Kier molecular flexibility index (Phi) is 9.75. The molecular formula is C41H60O4. The molecule has 1 aromatic carbocycles. The van der Waals surface area contributed by atoms with Crippen LogP contribution in [0.15, 0.2) is 48.1 Å². The summed E-state index contributed by atoms with van der Waals surface area (Å²) in [6.07, 6.45) is 20.6. The standard InChI is InChI=1S/C41H60O4/c1-10-29(26(2)3)14-11-27(4)31-16-17-32-30-15-19-36-39(5,6)37(22-24-41(36,8)33(30)21-23-40(31,32)7)45-38(43)20-13-28-12-18-34(42)35(25-28)44-9/h11-15,18,20,25-27,29,31-33,36-37,42H,10,16-17,19,21-24H2,1-9H3/b14-11?,20-13+/t27-,29-,31-,32+,33+,36?,37?,40-,41-/m1/s1. The molecule has 45 heavy (non-hydrogen) atoms. The molecule has 0 amide bonds. The van der Waals surface area contributed by atoms with Crippen molar-refractivity contribution in [1.82, 2.24) is 0 Å². The molecule has 1 aromatic rings. The molecular weight excluding hydrogens is 556 g/mol. The van der Waals surface area contributed by atoms with Crippen LogP contribution in [0.25, 0.3) is 6.08 Å². The Morgan fingerprint density at radius 3 is 2.40 bits per heavy atom. The Balaban J connectivity index is 1.29. The zero-order valence-corrected chi connectivity index (χ0v) is 29.6. The van der Waals surface area contributed by atoms with E-state index in [-0.39, 0.29) is 28.7 Å². The number of benzene rings is 1. The van der Waals surface area contributed by atoms with E-state index in [1.165, 1.54) is 45.3 Å². The average molecular weight is 617 g/mol. The second-order valence-electron chi connectivity index (χ2n) is 16.4. The van der Waals surface area contributed by atoms with Gasteiger partial charge in [0, 0.05) is 11.5 Å². The smallest absolute Gasteiger partial charge is 0.331 e. The number of hydrogen-bond donors (Lipinski definition) is 1. The molecule has 0 bridgehead atoms. The number of methoxy groups -OCH3 is 1. The van der Waals surface area contributed by atoms with Crippen LogP contribution in [0.3, 0.4) is 0 Å². The minimum Gasteiger partial charge on any atom is -0.504 e. The normalized spacial score (nSPS) is 35.4. The van der Waals surface area contributed by atoms with Gasteiger partial charge in [-0.15, -0.1) is 0 Å². The van der Waals surface area contributed by atoms with Crippen LogP contribution >= 0.6 is 0 Å². The second-order valence-corrected chi connectivity index (χ2v) is 16.4. The summed E-state index contributed by atoms with van der Waals surface area (Å²) in [5, 5.41) is 9.88. The van der Waals surface area contributed by atoms with Gasteiger partial charge in [0.25, 0.3) is 0 Å². The number of ether oxygens (including phenoxy) is 2. The van der Waals surface area contributed by atoms with Crippen molar-refractivity contribution in [1.29, 1.82) is 0 Å². The van der Waals surface area contributed by atoms with Crippen LogP contribution in [0.5, 0.6) is 11.5 Å². The van der Waals surface area contributed by atoms with Crippen LogP contribution in [0, 0.1) is 57.7 Å². The summed E-state index contributed by atoms with van der Waals surface area (Å²) >= 11 is 0. The third kappa shape index (κ3) is 6.17. The van der Waals surface area contributed by atoms with Gasteiger partial charge >= 0.3 is 5.97 Å². The molecule has 4 aliphatic carbocycles. The van der Waals surface area contributed by atoms with Crippen LogP contribution in [-0.4, -0.2) is 24.3 Å². The highest BCUT2D eigenvalue weighted by molar-refractivity contribution is 5.87. The Bertz CT molecular complexity index is 1320. The average Bonchev–Trinajstić information content (AvgIpc) is 3.35. The zero-order chi connectivity index (χ0) is 32.7. The summed E-state index contributed by atoms with van der Waals surface area (Å²) in [5.74, 6) is 4.79. The molecule has 0 aliphatic heterocycles. The van der Waals surface area contributed by atoms with Gasteiger partial charge in [-0.2, -0.15) is 0 Å². The summed E-state index contributed by atoms with van der Waals surface area (Å²) in [6, 6.07) is 5.05. The van der Waals surface area contributed by atoms with Gasteiger partial charge < -0.3 is 14.6 Å². The molecule has 0 spiro atoms. The molecule has 0 radical (unpaired) electrons. The first-order valence-corrected chi connectivity index (χ1v) is 17.9. The molecule has 0 heterocycles. The third-order valence-corrected chi connectivity index (χ3v) is 13.5. The van der Waals surface area contributed by atoms with Crippen molar-refractivity contribution in [2.75, 3.05) is 7.11 Å². The van der Waals surface area contributed by atoms with Crippen molar-refractivity contribution in [3.05, 3.63) is 53.6 Å². The number of aromatic hydroxyl groups is 1. The van der Waals surface area contributed by atoms with Gasteiger partial charge in [-0.1, -0.05) is 85.3 Å².